The molecule has 0 saturated carbocycles. The first-order valence-electron chi connectivity index (χ1n) is 5.47. The van der Waals surface area contributed by atoms with Crippen LogP contribution < -0.4 is 16.2 Å². The van der Waals surface area contributed by atoms with Gasteiger partial charge in [-0.3, -0.25) is 9.78 Å². The van der Waals surface area contributed by atoms with E-state index in [0.29, 0.717) is 0 Å². The Kier molecular flexibility index (Phi) is 5.83. The summed E-state index contributed by atoms with van der Waals surface area (Å²) in [5, 5.41) is 0. The van der Waals surface area contributed by atoms with E-state index < -0.39 is 15.9 Å². The SMILES string of the molecule is NCc1ncccc1S(=O)(=O)NCCOCC(N)=O. The second-order valence-corrected chi connectivity index (χ2v) is 5.30. The summed E-state index contributed by atoms with van der Waals surface area (Å²) >= 11 is 0. The van der Waals surface area contributed by atoms with Crippen molar-refractivity contribution in [1.82, 2.24) is 9.71 Å². The largest absolute Gasteiger partial charge is 0.370 e. The number of nitrogens with one attached hydrogen (secondary N) is 1. The molecule has 0 fully saturated rings. The van der Waals surface area contributed by atoms with Crippen LogP contribution in [0.4, 0.5) is 0 Å². The first-order chi connectivity index (χ1) is 8.97. The number of rotatable bonds is 8. The van der Waals surface area contributed by atoms with Gasteiger partial charge in [0, 0.05) is 19.3 Å². The first kappa shape index (κ1) is 15.5. The molecule has 0 spiro atoms. The van der Waals surface area contributed by atoms with Crippen LogP contribution in [0.15, 0.2) is 23.2 Å². The Balaban J connectivity index is 2.59. The van der Waals surface area contributed by atoms with E-state index in [9.17, 15) is 13.2 Å². The van der Waals surface area contributed by atoms with Gasteiger partial charge < -0.3 is 16.2 Å². The number of nitrogens with two attached hydrogens (primary N) is 2. The lowest BCUT2D eigenvalue weighted by molar-refractivity contribution is -0.122. The van der Waals surface area contributed by atoms with Crippen molar-refractivity contribution >= 4 is 15.9 Å². The fourth-order valence-corrected chi connectivity index (χ4v) is 2.53. The molecule has 0 saturated heterocycles. The number of carbonyl (C=O) groups excluding carboxylic acids is 1. The Bertz CT molecular complexity index is 532. The molecular weight excluding hydrogens is 272 g/mol. The summed E-state index contributed by atoms with van der Waals surface area (Å²) in [5.41, 5.74) is 10.6. The van der Waals surface area contributed by atoms with Gasteiger partial charge in [-0.25, -0.2) is 13.1 Å². The van der Waals surface area contributed by atoms with E-state index in [2.05, 4.69) is 9.71 Å². The Morgan fingerprint density at radius 2 is 2.21 bits per heavy atom. The second kappa shape index (κ2) is 7.14. The van der Waals surface area contributed by atoms with Crippen LogP contribution in [0.5, 0.6) is 0 Å². The molecule has 1 heterocycles. The lowest BCUT2D eigenvalue weighted by Gasteiger charge is -2.09. The van der Waals surface area contributed by atoms with Gasteiger partial charge in [0.2, 0.25) is 15.9 Å². The van der Waals surface area contributed by atoms with E-state index in [1.807, 2.05) is 0 Å². The van der Waals surface area contributed by atoms with Gasteiger partial charge >= 0.3 is 0 Å². The minimum atomic E-state index is -3.69. The van der Waals surface area contributed by atoms with Crippen LogP contribution >= 0.6 is 0 Å². The number of pyridine rings is 1. The maximum atomic E-state index is 12.0. The zero-order valence-electron chi connectivity index (χ0n) is 10.2. The molecule has 0 unspecified atom stereocenters. The number of amides is 1. The Hall–Kier alpha value is -1.55. The predicted octanol–water partition coefficient (Wildman–Crippen LogP) is -1.68. The molecule has 5 N–H and O–H groups in total. The fourth-order valence-electron chi connectivity index (χ4n) is 1.32. The summed E-state index contributed by atoms with van der Waals surface area (Å²) in [6.07, 6.45) is 1.47. The highest BCUT2D eigenvalue weighted by Gasteiger charge is 2.17. The maximum Gasteiger partial charge on any atom is 0.243 e. The number of hydrogen-bond donors (Lipinski definition) is 3. The highest BCUT2D eigenvalue weighted by Crippen LogP contribution is 2.11. The van der Waals surface area contributed by atoms with Crippen molar-refractivity contribution in [2.75, 3.05) is 19.8 Å². The monoisotopic (exact) mass is 288 g/mol. The highest BCUT2D eigenvalue weighted by molar-refractivity contribution is 7.89. The number of ether oxygens (including phenoxy) is 1. The van der Waals surface area contributed by atoms with Gasteiger partial charge in [-0.15, -0.1) is 0 Å². The molecular formula is C10H16N4O4S. The topological polar surface area (TPSA) is 137 Å². The van der Waals surface area contributed by atoms with Crippen molar-refractivity contribution in [3.05, 3.63) is 24.0 Å². The number of aromatic nitrogens is 1. The van der Waals surface area contributed by atoms with Gasteiger partial charge in [-0.05, 0) is 12.1 Å². The minimum absolute atomic E-state index is 0.0223. The molecule has 1 amide bonds. The molecule has 0 aliphatic rings. The normalized spacial score (nSPS) is 11.4. The fraction of sp³-hybridized carbons (Fsp3) is 0.400. The Morgan fingerprint density at radius 3 is 2.84 bits per heavy atom. The summed E-state index contributed by atoms with van der Waals surface area (Å²) in [4.78, 5) is 14.3. The second-order valence-electron chi connectivity index (χ2n) is 3.57. The maximum absolute atomic E-state index is 12.0. The van der Waals surface area contributed by atoms with Crippen LogP contribution in [-0.4, -0.2) is 39.1 Å². The number of sulfonamides is 1. The summed E-state index contributed by atoms with van der Waals surface area (Å²) in [6, 6.07) is 2.93. The van der Waals surface area contributed by atoms with E-state index in [0.717, 1.165) is 0 Å². The summed E-state index contributed by atoms with van der Waals surface area (Å²) < 4.78 is 31.1. The molecule has 1 aromatic heterocycles. The average molecular weight is 288 g/mol. The first-order valence-corrected chi connectivity index (χ1v) is 6.95. The van der Waals surface area contributed by atoms with Crippen LogP contribution in [0.25, 0.3) is 0 Å². The summed E-state index contributed by atoms with van der Waals surface area (Å²) in [6.45, 7) is -0.160. The zero-order chi connectivity index (χ0) is 14.3. The summed E-state index contributed by atoms with van der Waals surface area (Å²) in [5.74, 6) is -0.611. The predicted molar refractivity (Wildman–Crippen MR) is 67.3 cm³/mol. The van der Waals surface area contributed by atoms with Crippen molar-refractivity contribution in [2.45, 2.75) is 11.4 Å². The standard InChI is InChI=1S/C10H16N4O4S/c11-6-8-9(2-1-3-13-8)19(16,17)14-4-5-18-7-10(12)15/h1-3,14H,4-7,11H2,(H2,12,15). The van der Waals surface area contributed by atoms with E-state index in [1.165, 1.54) is 18.3 Å². The zero-order valence-corrected chi connectivity index (χ0v) is 11.0. The third-order valence-corrected chi connectivity index (χ3v) is 3.65. The van der Waals surface area contributed by atoms with E-state index >= 15 is 0 Å². The molecule has 0 aromatic carbocycles. The molecule has 0 radical (unpaired) electrons. The highest BCUT2D eigenvalue weighted by atomic mass is 32.2. The molecule has 19 heavy (non-hydrogen) atoms. The Morgan fingerprint density at radius 1 is 1.47 bits per heavy atom. The van der Waals surface area contributed by atoms with E-state index in [-0.39, 0.29) is 36.9 Å². The molecule has 106 valence electrons. The molecule has 0 aliphatic carbocycles. The quantitative estimate of drug-likeness (QED) is 0.488. The molecule has 0 atom stereocenters. The van der Waals surface area contributed by atoms with Crippen LogP contribution in [0, 0.1) is 0 Å². The van der Waals surface area contributed by atoms with E-state index in [1.54, 1.807) is 0 Å². The van der Waals surface area contributed by atoms with Gasteiger partial charge in [0.15, 0.2) is 0 Å². The third-order valence-electron chi connectivity index (χ3n) is 2.11. The van der Waals surface area contributed by atoms with Crippen molar-refractivity contribution in [2.24, 2.45) is 11.5 Å². The Labute approximate surface area is 111 Å². The minimum Gasteiger partial charge on any atom is -0.370 e. The number of hydrogen-bond acceptors (Lipinski definition) is 6. The molecule has 0 bridgehead atoms. The average Bonchev–Trinajstić information content (AvgIpc) is 2.37. The van der Waals surface area contributed by atoms with Crippen LogP contribution in [0.2, 0.25) is 0 Å². The van der Waals surface area contributed by atoms with Crippen molar-refractivity contribution in [1.29, 1.82) is 0 Å². The molecule has 9 heteroatoms. The number of nitrogens with zero attached hydrogens (tertiary/aromatic N) is 1. The van der Waals surface area contributed by atoms with Crippen LogP contribution in [0.1, 0.15) is 5.69 Å². The van der Waals surface area contributed by atoms with Crippen LogP contribution in [0.3, 0.4) is 0 Å². The van der Waals surface area contributed by atoms with Gasteiger partial charge in [0.1, 0.15) is 11.5 Å². The summed E-state index contributed by atoms with van der Waals surface area (Å²) in [7, 11) is -3.69. The third kappa shape index (κ3) is 4.91. The lowest BCUT2D eigenvalue weighted by Crippen LogP contribution is -2.30. The van der Waals surface area contributed by atoms with Crippen molar-refractivity contribution in [3.8, 4) is 0 Å². The molecule has 0 aliphatic heterocycles. The smallest absolute Gasteiger partial charge is 0.243 e. The van der Waals surface area contributed by atoms with Gasteiger partial charge in [-0.1, -0.05) is 0 Å². The molecule has 1 rings (SSSR count). The number of primary amides is 1. The molecule has 1 aromatic rings. The van der Waals surface area contributed by atoms with Crippen molar-refractivity contribution < 1.29 is 17.9 Å². The lowest BCUT2D eigenvalue weighted by atomic mass is 10.3. The van der Waals surface area contributed by atoms with Gasteiger partial charge in [0.25, 0.3) is 0 Å². The van der Waals surface area contributed by atoms with Crippen LogP contribution in [-0.2, 0) is 26.1 Å². The van der Waals surface area contributed by atoms with Gasteiger partial charge in [0.05, 0.1) is 12.3 Å². The van der Waals surface area contributed by atoms with Crippen molar-refractivity contribution in [3.63, 3.8) is 0 Å². The number of carbonyl (C=O) groups is 1. The van der Waals surface area contributed by atoms with E-state index in [4.69, 9.17) is 16.2 Å². The van der Waals surface area contributed by atoms with Gasteiger partial charge in [-0.2, -0.15) is 0 Å². The molecule has 8 nitrogen and oxygen atoms in total.